The zero-order valence-electron chi connectivity index (χ0n) is 22.4. The second kappa shape index (κ2) is 12.2. The van der Waals surface area contributed by atoms with Crippen LogP contribution in [0.4, 0.5) is 11.4 Å². The Morgan fingerprint density at radius 2 is 1.88 bits per heavy atom. The number of hydrogen-bond donors (Lipinski definition) is 5. The van der Waals surface area contributed by atoms with E-state index in [1.807, 2.05) is 0 Å². The number of aliphatic hydroxyl groups excluding tert-OH is 1. The van der Waals surface area contributed by atoms with Crippen LogP contribution in [0.25, 0.3) is 11.5 Å². The van der Waals surface area contributed by atoms with E-state index in [1.54, 1.807) is 49.4 Å². The predicted molar refractivity (Wildman–Crippen MR) is 155 cm³/mol. The average molecular weight is 601 g/mol. The molecule has 1 amide bonds. The van der Waals surface area contributed by atoms with Gasteiger partial charge in [-0.2, -0.15) is 0 Å². The quantitative estimate of drug-likeness (QED) is 0.158. The van der Waals surface area contributed by atoms with E-state index < -0.39 is 27.6 Å². The van der Waals surface area contributed by atoms with Crippen LogP contribution in [0.3, 0.4) is 0 Å². The number of phenolic OH excluding ortho intramolecular Hbond substituents is 1. The first kappa shape index (κ1) is 29.9. The van der Waals surface area contributed by atoms with E-state index in [4.69, 9.17) is 20.8 Å². The zero-order valence-corrected chi connectivity index (χ0v) is 24.0. The van der Waals surface area contributed by atoms with Crippen molar-refractivity contribution in [2.24, 2.45) is 0 Å². The SMILES string of the molecule is COc1ccc(C(C)(NCC(O)c2ccc(O)c(NS(C)(=O)=O)c2)C(=O)Nc2ccc(Cl)c(-c3ncco3)c2)cc1. The minimum absolute atomic E-state index is 0.0794. The first-order valence-electron chi connectivity index (χ1n) is 12.3. The summed E-state index contributed by atoms with van der Waals surface area (Å²) in [6, 6.07) is 15.8. The number of phenols is 1. The van der Waals surface area contributed by atoms with Gasteiger partial charge in [0.05, 0.1) is 41.9 Å². The van der Waals surface area contributed by atoms with Crippen LogP contribution in [0.15, 0.2) is 77.5 Å². The number of nitrogens with one attached hydrogen (secondary N) is 3. The van der Waals surface area contributed by atoms with Gasteiger partial charge in [0, 0.05) is 12.2 Å². The highest BCUT2D eigenvalue weighted by Crippen LogP contribution is 2.32. The van der Waals surface area contributed by atoms with Gasteiger partial charge in [0.25, 0.3) is 0 Å². The van der Waals surface area contributed by atoms with Crippen molar-refractivity contribution in [3.8, 4) is 23.0 Å². The first-order valence-corrected chi connectivity index (χ1v) is 14.6. The number of amides is 1. The number of ether oxygens (including phenoxy) is 1. The van der Waals surface area contributed by atoms with Crippen molar-refractivity contribution in [1.82, 2.24) is 10.3 Å². The van der Waals surface area contributed by atoms with Crippen LogP contribution in [0.2, 0.25) is 5.02 Å². The van der Waals surface area contributed by atoms with Gasteiger partial charge in [-0.1, -0.05) is 29.8 Å². The first-order chi connectivity index (χ1) is 19.4. The van der Waals surface area contributed by atoms with E-state index in [2.05, 4.69) is 20.3 Å². The summed E-state index contributed by atoms with van der Waals surface area (Å²) in [6.45, 7) is 1.55. The van der Waals surface area contributed by atoms with Crippen molar-refractivity contribution in [2.75, 3.05) is 29.9 Å². The number of methoxy groups -OCH3 is 1. The minimum atomic E-state index is -3.67. The fraction of sp³-hybridized carbons (Fsp3) is 0.214. The maximum absolute atomic E-state index is 13.8. The Morgan fingerprint density at radius 1 is 1.15 bits per heavy atom. The molecule has 11 nitrogen and oxygen atoms in total. The van der Waals surface area contributed by atoms with E-state index >= 15 is 0 Å². The third-order valence-electron chi connectivity index (χ3n) is 6.36. The molecule has 0 fully saturated rings. The lowest BCUT2D eigenvalue weighted by Crippen LogP contribution is -2.50. The largest absolute Gasteiger partial charge is 0.506 e. The summed E-state index contributed by atoms with van der Waals surface area (Å²) in [5.74, 6) is 0.151. The van der Waals surface area contributed by atoms with E-state index in [1.165, 1.54) is 37.8 Å². The molecule has 2 atom stereocenters. The Balaban J connectivity index is 1.61. The molecule has 13 heteroatoms. The summed E-state index contributed by atoms with van der Waals surface area (Å²) >= 11 is 6.32. The number of benzene rings is 3. The molecule has 4 aromatic rings. The highest BCUT2D eigenvalue weighted by molar-refractivity contribution is 7.92. The van der Waals surface area contributed by atoms with Gasteiger partial charge in [-0.05, 0) is 60.5 Å². The molecule has 0 bridgehead atoms. The van der Waals surface area contributed by atoms with Crippen LogP contribution in [-0.4, -0.2) is 49.4 Å². The number of aromatic hydroxyl groups is 1. The molecule has 0 spiro atoms. The van der Waals surface area contributed by atoms with E-state index in [-0.39, 0.29) is 18.0 Å². The van der Waals surface area contributed by atoms with Gasteiger partial charge in [0.1, 0.15) is 23.3 Å². The number of aromatic nitrogens is 1. The molecular formula is C28H29ClN4O7S. The van der Waals surface area contributed by atoms with Crippen LogP contribution in [0.1, 0.15) is 24.2 Å². The third-order valence-corrected chi connectivity index (χ3v) is 7.28. The van der Waals surface area contributed by atoms with Crippen LogP contribution in [-0.2, 0) is 20.4 Å². The molecule has 0 saturated carbocycles. The molecule has 1 aromatic heterocycles. The lowest BCUT2D eigenvalue weighted by molar-refractivity contribution is -0.122. The van der Waals surface area contributed by atoms with Crippen molar-refractivity contribution in [2.45, 2.75) is 18.6 Å². The van der Waals surface area contributed by atoms with E-state index in [9.17, 15) is 23.4 Å². The lowest BCUT2D eigenvalue weighted by atomic mass is 9.90. The van der Waals surface area contributed by atoms with Crippen LogP contribution in [0.5, 0.6) is 11.5 Å². The molecule has 41 heavy (non-hydrogen) atoms. The molecule has 0 aliphatic heterocycles. The molecular weight excluding hydrogens is 572 g/mol. The fourth-order valence-corrected chi connectivity index (χ4v) is 4.84. The number of carbonyl (C=O) groups is 1. The summed E-state index contributed by atoms with van der Waals surface area (Å²) in [4.78, 5) is 17.9. The number of sulfonamides is 1. The summed E-state index contributed by atoms with van der Waals surface area (Å²) in [5, 5.41) is 27.4. The topological polar surface area (TPSA) is 163 Å². The maximum Gasteiger partial charge on any atom is 0.249 e. The number of halogens is 1. The molecule has 0 aliphatic carbocycles. The predicted octanol–water partition coefficient (Wildman–Crippen LogP) is 4.26. The Labute approximate surface area is 242 Å². The average Bonchev–Trinajstić information content (AvgIpc) is 3.48. The van der Waals surface area contributed by atoms with Crippen LogP contribution < -0.4 is 20.1 Å². The number of rotatable bonds is 11. The van der Waals surface area contributed by atoms with Crippen molar-refractivity contribution < 1.29 is 32.6 Å². The molecule has 4 rings (SSSR count). The molecule has 0 saturated heterocycles. The molecule has 216 valence electrons. The van der Waals surface area contributed by atoms with Gasteiger partial charge in [0.2, 0.25) is 21.8 Å². The molecule has 0 aliphatic rings. The molecule has 5 N–H and O–H groups in total. The third kappa shape index (κ3) is 7.16. The number of anilines is 2. The summed E-state index contributed by atoms with van der Waals surface area (Å²) in [7, 11) is -2.14. The minimum Gasteiger partial charge on any atom is -0.506 e. The van der Waals surface area contributed by atoms with Crippen LogP contribution >= 0.6 is 11.6 Å². The highest BCUT2D eigenvalue weighted by atomic mass is 35.5. The maximum atomic E-state index is 13.8. The standard InChI is InChI=1S/C28H29ClN4O7S/c1-28(18-5-8-20(39-2)9-6-18,27(36)32-19-7-10-22(29)21(15-19)26-30-12-13-40-26)31-16-25(35)17-4-11-24(34)23(14-17)33-41(3,37)38/h4-15,25,31,33-35H,16H2,1-3H3,(H,32,36). The van der Waals surface area contributed by atoms with Crippen molar-refractivity contribution in [1.29, 1.82) is 0 Å². The summed E-state index contributed by atoms with van der Waals surface area (Å²) < 4.78 is 36.1. The van der Waals surface area contributed by atoms with Gasteiger partial charge < -0.3 is 24.7 Å². The molecule has 0 radical (unpaired) electrons. The van der Waals surface area contributed by atoms with Crippen LogP contribution in [0, 0.1) is 0 Å². The van der Waals surface area contributed by atoms with E-state index in [0.717, 1.165) is 6.26 Å². The number of oxazole rings is 1. The number of hydrogen-bond acceptors (Lipinski definition) is 9. The second-order valence-electron chi connectivity index (χ2n) is 9.39. The van der Waals surface area contributed by atoms with E-state index in [0.29, 0.717) is 39.0 Å². The number of nitrogens with zero attached hydrogens (tertiary/aromatic N) is 1. The molecule has 2 unspecified atom stereocenters. The van der Waals surface area contributed by atoms with Gasteiger partial charge in [-0.15, -0.1) is 0 Å². The van der Waals surface area contributed by atoms with Gasteiger partial charge >= 0.3 is 0 Å². The zero-order chi connectivity index (χ0) is 29.8. The van der Waals surface area contributed by atoms with Gasteiger partial charge in [-0.25, -0.2) is 13.4 Å². The second-order valence-corrected chi connectivity index (χ2v) is 11.5. The van der Waals surface area contributed by atoms with Gasteiger partial charge in [-0.3, -0.25) is 14.8 Å². The lowest BCUT2D eigenvalue weighted by Gasteiger charge is -2.31. The number of carbonyl (C=O) groups excluding carboxylic acids is 1. The van der Waals surface area contributed by atoms with Crippen molar-refractivity contribution in [3.63, 3.8) is 0 Å². The smallest absolute Gasteiger partial charge is 0.249 e. The Bertz CT molecular complexity index is 1630. The van der Waals surface area contributed by atoms with Crippen molar-refractivity contribution in [3.05, 3.63) is 89.3 Å². The Hall–Kier alpha value is -4.10. The Morgan fingerprint density at radius 3 is 2.51 bits per heavy atom. The van der Waals surface area contributed by atoms with Crippen molar-refractivity contribution >= 4 is 38.9 Å². The molecule has 1 heterocycles. The Kier molecular flexibility index (Phi) is 8.88. The monoisotopic (exact) mass is 600 g/mol. The molecule has 3 aromatic carbocycles. The highest BCUT2D eigenvalue weighted by Gasteiger charge is 2.36. The fourth-order valence-electron chi connectivity index (χ4n) is 4.08. The summed E-state index contributed by atoms with van der Waals surface area (Å²) in [5.41, 5.74) is 0.381. The van der Waals surface area contributed by atoms with Gasteiger partial charge in [0.15, 0.2) is 0 Å². The number of aliphatic hydroxyl groups is 1. The normalized spacial score (nSPS) is 13.7. The summed E-state index contributed by atoms with van der Waals surface area (Å²) in [6.07, 6.45) is 2.68.